The van der Waals surface area contributed by atoms with Crippen molar-refractivity contribution in [2.24, 2.45) is 0 Å². The number of halogens is 1. The summed E-state index contributed by atoms with van der Waals surface area (Å²) in [6, 6.07) is 5.47. The van der Waals surface area contributed by atoms with Crippen LogP contribution in [0.2, 0.25) is 0 Å². The Hall–Kier alpha value is -1.68. The van der Waals surface area contributed by atoms with Gasteiger partial charge in [0.15, 0.2) is 5.78 Å². The number of rotatable bonds is 4. The summed E-state index contributed by atoms with van der Waals surface area (Å²) in [7, 11) is 0. The van der Waals surface area contributed by atoms with E-state index in [1.807, 2.05) is 18.2 Å². The third kappa shape index (κ3) is 3.25. The molecule has 1 aromatic rings. The highest BCUT2D eigenvalue weighted by Crippen LogP contribution is 2.31. The summed E-state index contributed by atoms with van der Waals surface area (Å²) in [5, 5.41) is 0. The molecular weight excluding hydrogens is 320 g/mol. The zero-order chi connectivity index (χ0) is 14.7. The summed E-state index contributed by atoms with van der Waals surface area (Å²) < 4.78 is 5.83. The van der Waals surface area contributed by atoms with E-state index in [1.165, 1.54) is 0 Å². The molecule has 0 unspecified atom stereocenters. The number of Topliss-reactive ketones (excluding diaryl/α,β-unsaturated/α-hetero) is 1. The van der Waals surface area contributed by atoms with Crippen LogP contribution in [0.1, 0.15) is 36.2 Å². The third-order valence-corrected chi connectivity index (χ3v) is 3.56. The largest absolute Gasteiger partial charge is 0.462 e. The van der Waals surface area contributed by atoms with Gasteiger partial charge < -0.3 is 4.74 Å². The Labute approximate surface area is 126 Å². The highest BCUT2D eigenvalue weighted by Gasteiger charge is 2.16. The highest BCUT2D eigenvalue weighted by molar-refractivity contribution is 9.10. The van der Waals surface area contributed by atoms with Gasteiger partial charge in [-0.15, -0.1) is 0 Å². The summed E-state index contributed by atoms with van der Waals surface area (Å²) in [4.78, 5) is 23.2. The van der Waals surface area contributed by atoms with Gasteiger partial charge in [0.25, 0.3) is 0 Å². The molecule has 0 heterocycles. The molecule has 1 aliphatic rings. The van der Waals surface area contributed by atoms with Crippen molar-refractivity contribution in [1.82, 2.24) is 0 Å². The number of hydrogen-bond donors (Lipinski definition) is 0. The van der Waals surface area contributed by atoms with Crippen molar-refractivity contribution in [3.8, 4) is 0 Å². The average Bonchev–Trinajstić information content (AvgIpc) is 2.88. The number of allylic oxidation sites excluding steroid dienone is 4. The van der Waals surface area contributed by atoms with Gasteiger partial charge in [-0.3, -0.25) is 4.79 Å². The first-order chi connectivity index (χ1) is 9.51. The van der Waals surface area contributed by atoms with E-state index < -0.39 is 0 Å². The van der Waals surface area contributed by atoms with Crippen LogP contribution in [0.3, 0.4) is 0 Å². The molecule has 0 saturated carbocycles. The lowest BCUT2D eigenvalue weighted by molar-refractivity contribution is -0.113. The molecule has 0 spiro atoms. The van der Waals surface area contributed by atoms with E-state index in [9.17, 15) is 9.59 Å². The van der Waals surface area contributed by atoms with Crippen molar-refractivity contribution < 1.29 is 14.3 Å². The summed E-state index contributed by atoms with van der Waals surface area (Å²) in [6.45, 7) is 3.69. The minimum absolute atomic E-state index is 0.0804. The van der Waals surface area contributed by atoms with E-state index in [0.717, 1.165) is 21.2 Å². The van der Waals surface area contributed by atoms with Crippen LogP contribution in [-0.2, 0) is 9.53 Å². The van der Waals surface area contributed by atoms with Crippen LogP contribution < -0.4 is 0 Å². The fourth-order valence-electron chi connectivity index (χ4n) is 2.07. The Bertz CT molecular complexity index is 627. The minimum Gasteiger partial charge on any atom is -0.462 e. The van der Waals surface area contributed by atoms with Crippen LogP contribution in [0.4, 0.5) is 0 Å². The molecule has 20 heavy (non-hydrogen) atoms. The van der Waals surface area contributed by atoms with Gasteiger partial charge in [-0.2, -0.15) is 0 Å². The molecule has 0 aliphatic heterocycles. The van der Waals surface area contributed by atoms with Gasteiger partial charge in [0.1, 0.15) is 0 Å². The van der Waals surface area contributed by atoms with Gasteiger partial charge in [0.05, 0.1) is 12.2 Å². The van der Waals surface area contributed by atoms with Gasteiger partial charge in [0.2, 0.25) is 0 Å². The second-order valence-electron chi connectivity index (χ2n) is 4.57. The maximum absolute atomic E-state index is 11.8. The zero-order valence-electron chi connectivity index (χ0n) is 11.4. The lowest BCUT2D eigenvalue weighted by atomic mass is 10.00. The Balaban J connectivity index is 2.26. The Morgan fingerprint density at radius 1 is 1.25 bits per heavy atom. The van der Waals surface area contributed by atoms with Gasteiger partial charge in [-0.05, 0) is 48.8 Å². The maximum atomic E-state index is 11.8. The topological polar surface area (TPSA) is 43.4 Å². The van der Waals surface area contributed by atoms with E-state index in [1.54, 1.807) is 26.0 Å². The van der Waals surface area contributed by atoms with Crippen molar-refractivity contribution in [3.63, 3.8) is 0 Å². The number of hydrogen-bond acceptors (Lipinski definition) is 3. The Kier molecular flexibility index (Phi) is 4.55. The molecule has 2 rings (SSSR count). The van der Waals surface area contributed by atoms with E-state index in [2.05, 4.69) is 15.9 Å². The number of esters is 1. The smallest absolute Gasteiger partial charge is 0.338 e. The molecule has 0 bridgehead atoms. The molecule has 0 radical (unpaired) electrons. The Morgan fingerprint density at radius 3 is 2.60 bits per heavy atom. The van der Waals surface area contributed by atoms with E-state index in [-0.39, 0.29) is 11.8 Å². The first-order valence-electron chi connectivity index (χ1n) is 6.40. The zero-order valence-corrected chi connectivity index (χ0v) is 13.0. The van der Waals surface area contributed by atoms with E-state index >= 15 is 0 Å². The van der Waals surface area contributed by atoms with E-state index in [0.29, 0.717) is 18.6 Å². The molecule has 0 atom stereocenters. The summed E-state index contributed by atoms with van der Waals surface area (Å²) in [6.07, 6.45) is 4.37. The quantitative estimate of drug-likeness (QED) is 0.783. The second-order valence-corrected chi connectivity index (χ2v) is 5.48. The number of benzene rings is 1. The van der Waals surface area contributed by atoms with E-state index in [4.69, 9.17) is 4.74 Å². The predicted octanol–water partition coefficient (Wildman–Crippen LogP) is 3.93. The lowest BCUT2D eigenvalue weighted by Crippen LogP contribution is -2.05. The van der Waals surface area contributed by atoms with Crippen LogP contribution >= 0.6 is 15.9 Å². The van der Waals surface area contributed by atoms with Crippen LogP contribution in [0.15, 0.2) is 40.4 Å². The second kappa shape index (κ2) is 6.18. The van der Waals surface area contributed by atoms with Crippen molar-refractivity contribution in [2.75, 3.05) is 6.61 Å². The van der Waals surface area contributed by atoms with Gasteiger partial charge in [-0.1, -0.05) is 28.1 Å². The minimum atomic E-state index is -0.339. The number of carbonyl (C=O) groups is 2. The molecule has 0 amide bonds. The first-order valence-corrected chi connectivity index (χ1v) is 7.19. The van der Waals surface area contributed by atoms with Crippen molar-refractivity contribution in [2.45, 2.75) is 20.3 Å². The first kappa shape index (κ1) is 14.7. The fraction of sp³-hybridized carbons (Fsp3) is 0.250. The third-order valence-electron chi connectivity index (χ3n) is 3.10. The molecule has 0 fully saturated rings. The number of ketones is 1. The monoisotopic (exact) mass is 334 g/mol. The van der Waals surface area contributed by atoms with Crippen LogP contribution in [0.5, 0.6) is 0 Å². The van der Waals surface area contributed by atoms with Gasteiger partial charge >= 0.3 is 5.97 Å². The van der Waals surface area contributed by atoms with Crippen LogP contribution in [-0.4, -0.2) is 18.4 Å². The maximum Gasteiger partial charge on any atom is 0.338 e. The molecular formula is C16H15BrO3. The standard InChI is InChI=1S/C16H15BrO3/c1-3-20-16(19)14-7-13(8-15(17)9-14)12-5-4-11(6-12)10(2)18/h4-5,7-9H,3,6H2,1-2H3. The predicted molar refractivity (Wildman–Crippen MR) is 81.5 cm³/mol. The SMILES string of the molecule is CCOC(=O)c1cc(Br)cc(C2=CC=C(C(C)=O)C2)c1. The average molecular weight is 335 g/mol. The molecule has 1 aromatic carbocycles. The highest BCUT2D eigenvalue weighted by atomic mass is 79.9. The molecule has 1 aliphatic carbocycles. The van der Waals surface area contributed by atoms with Gasteiger partial charge in [-0.25, -0.2) is 4.79 Å². The molecule has 0 N–H and O–H groups in total. The van der Waals surface area contributed by atoms with Gasteiger partial charge in [0, 0.05) is 10.9 Å². The molecule has 3 nitrogen and oxygen atoms in total. The molecule has 0 saturated heterocycles. The normalized spacial score (nSPS) is 13.8. The fourth-order valence-corrected chi connectivity index (χ4v) is 2.56. The number of carbonyl (C=O) groups excluding carboxylic acids is 2. The molecule has 4 heteroatoms. The summed E-state index contributed by atoms with van der Waals surface area (Å²) >= 11 is 3.40. The van der Waals surface area contributed by atoms with Crippen molar-refractivity contribution >= 4 is 33.3 Å². The lowest BCUT2D eigenvalue weighted by Gasteiger charge is -2.08. The molecule has 0 aromatic heterocycles. The number of ether oxygens (including phenoxy) is 1. The van der Waals surface area contributed by atoms with Crippen LogP contribution in [0.25, 0.3) is 5.57 Å². The molecule has 104 valence electrons. The van der Waals surface area contributed by atoms with Crippen molar-refractivity contribution in [1.29, 1.82) is 0 Å². The Morgan fingerprint density at radius 2 is 2.00 bits per heavy atom. The summed E-state index contributed by atoms with van der Waals surface area (Å²) in [5.74, 6) is -0.259. The van der Waals surface area contributed by atoms with Crippen molar-refractivity contribution in [3.05, 3.63) is 51.5 Å². The van der Waals surface area contributed by atoms with Crippen LogP contribution in [0, 0.1) is 0 Å². The summed E-state index contributed by atoms with van der Waals surface area (Å²) in [5.41, 5.74) is 3.25.